The average Bonchev–Trinajstić information content (AvgIpc) is 2.75. The molecular formula is C15H18ClNS. The highest BCUT2D eigenvalue weighted by molar-refractivity contribution is 7.16. The van der Waals surface area contributed by atoms with Gasteiger partial charge in [0.15, 0.2) is 0 Å². The van der Waals surface area contributed by atoms with E-state index in [0.29, 0.717) is 0 Å². The van der Waals surface area contributed by atoms with Crippen LogP contribution in [0.2, 0.25) is 4.34 Å². The lowest BCUT2D eigenvalue weighted by Crippen LogP contribution is -2.43. The summed E-state index contributed by atoms with van der Waals surface area (Å²) in [5, 5.41) is 0. The van der Waals surface area contributed by atoms with Crippen molar-refractivity contribution in [2.24, 2.45) is 5.73 Å². The molecule has 1 unspecified atom stereocenters. The molecule has 1 aromatic carbocycles. The Balaban J connectivity index is 2.10. The van der Waals surface area contributed by atoms with Gasteiger partial charge in [-0.1, -0.05) is 48.9 Å². The van der Waals surface area contributed by atoms with E-state index < -0.39 is 0 Å². The minimum atomic E-state index is -0.185. The highest BCUT2D eigenvalue weighted by atomic mass is 35.5. The summed E-state index contributed by atoms with van der Waals surface area (Å²) in [5.74, 6) is 0. The Hall–Kier alpha value is -0.830. The van der Waals surface area contributed by atoms with E-state index in [9.17, 15) is 0 Å². The van der Waals surface area contributed by atoms with Crippen molar-refractivity contribution in [1.29, 1.82) is 0 Å². The Morgan fingerprint density at radius 2 is 1.83 bits per heavy atom. The van der Waals surface area contributed by atoms with Gasteiger partial charge in [-0.05, 0) is 30.5 Å². The molecule has 2 N–H and O–H groups in total. The number of hydrogen-bond acceptors (Lipinski definition) is 2. The van der Waals surface area contributed by atoms with Gasteiger partial charge in [0.1, 0.15) is 0 Å². The summed E-state index contributed by atoms with van der Waals surface area (Å²) in [7, 11) is 0. The van der Waals surface area contributed by atoms with Crippen LogP contribution in [0.4, 0.5) is 0 Å². The highest BCUT2D eigenvalue weighted by Gasteiger charge is 2.24. The zero-order chi connectivity index (χ0) is 13.0. The van der Waals surface area contributed by atoms with Gasteiger partial charge >= 0.3 is 0 Å². The van der Waals surface area contributed by atoms with Gasteiger partial charge in [-0.25, -0.2) is 0 Å². The van der Waals surface area contributed by atoms with Crippen LogP contribution in [-0.4, -0.2) is 5.54 Å². The first kappa shape index (κ1) is 13.6. The number of thiophene rings is 1. The van der Waals surface area contributed by atoms with Crippen molar-refractivity contribution in [1.82, 2.24) is 0 Å². The molecule has 0 spiro atoms. The molecule has 18 heavy (non-hydrogen) atoms. The smallest absolute Gasteiger partial charge is 0.0931 e. The summed E-state index contributed by atoms with van der Waals surface area (Å²) in [5.41, 5.74) is 7.65. The van der Waals surface area contributed by atoms with Crippen LogP contribution < -0.4 is 5.73 Å². The highest BCUT2D eigenvalue weighted by Crippen LogP contribution is 2.27. The normalized spacial score (nSPS) is 14.4. The largest absolute Gasteiger partial charge is 0.324 e. The van der Waals surface area contributed by atoms with Gasteiger partial charge in [0.2, 0.25) is 0 Å². The third-order valence-corrected chi connectivity index (χ3v) is 4.49. The van der Waals surface area contributed by atoms with E-state index in [1.807, 2.05) is 12.1 Å². The second kappa shape index (κ2) is 5.87. The van der Waals surface area contributed by atoms with Crippen molar-refractivity contribution in [2.75, 3.05) is 0 Å². The first-order valence-electron chi connectivity index (χ1n) is 6.18. The third-order valence-electron chi connectivity index (χ3n) is 3.26. The molecule has 96 valence electrons. The molecular weight excluding hydrogens is 262 g/mol. The maximum Gasteiger partial charge on any atom is 0.0931 e. The predicted molar refractivity (Wildman–Crippen MR) is 80.4 cm³/mol. The number of halogens is 1. The summed E-state index contributed by atoms with van der Waals surface area (Å²) in [4.78, 5) is 1.26. The second-order valence-electron chi connectivity index (χ2n) is 4.76. The fourth-order valence-corrected chi connectivity index (χ4v) is 3.35. The molecule has 0 bridgehead atoms. The fraction of sp³-hybridized carbons (Fsp3) is 0.333. The average molecular weight is 280 g/mol. The lowest BCUT2D eigenvalue weighted by molar-refractivity contribution is 0.407. The number of hydrogen-bond donors (Lipinski definition) is 1. The maximum atomic E-state index is 6.53. The number of rotatable bonds is 5. The zero-order valence-electron chi connectivity index (χ0n) is 10.5. The predicted octanol–water partition coefficient (Wildman–Crippen LogP) is 4.29. The quantitative estimate of drug-likeness (QED) is 0.868. The molecule has 0 aliphatic carbocycles. The van der Waals surface area contributed by atoms with E-state index in [-0.39, 0.29) is 5.54 Å². The minimum absolute atomic E-state index is 0.185. The van der Waals surface area contributed by atoms with Gasteiger partial charge in [0.25, 0.3) is 0 Å². The van der Waals surface area contributed by atoms with Crippen molar-refractivity contribution >= 4 is 22.9 Å². The molecule has 1 atom stereocenters. The van der Waals surface area contributed by atoms with Crippen LogP contribution in [0.5, 0.6) is 0 Å². The summed E-state index contributed by atoms with van der Waals surface area (Å²) < 4.78 is 0.836. The Labute approximate surface area is 118 Å². The van der Waals surface area contributed by atoms with Gasteiger partial charge in [0, 0.05) is 16.8 Å². The van der Waals surface area contributed by atoms with Crippen LogP contribution >= 0.6 is 22.9 Å². The minimum Gasteiger partial charge on any atom is -0.324 e. The van der Waals surface area contributed by atoms with Crippen molar-refractivity contribution in [2.45, 2.75) is 31.7 Å². The molecule has 0 saturated carbocycles. The van der Waals surface area contributed by atoms with Crippen LogP contribution in [-0.2, 0) is 12.8 Å². The zero-order valence-corrected chi connectivity index (χ0v) is 12.1. The first-order valence-corrected chi connectivity index (χ1v) is 7.38. The second-order valence-corrected chi connectivity index (χ2v) is 6.56. The SMILES string of the molecule is CCC(N)(Cc1ccccc1)Cc1ccc(Cl)s1. The van der Waals surface area contributed by atoms with E-state index in [2.05, 4.69) is 37.3 Å². The Bertz CT molecular complexity index is 494. The number of benzene rings is 1. The van der Waals surface area contributed by atoms with Crippen molar-refractivity contribution in [3.8, 4) is 0 Å². The molecule has 0 aliphatic heterocycles. The Morgan fingerprint density at radius 1 is 1.11 bits per heavy atom. The van der Waals surface area contributed by atoms with E-state index in [1.54, 1.807) is 11.3 Å². The van der Waals surface area contributed by atoms with Gasteiger partial charge in [-0.3, -0.25) is 0 Å². The molecule has 1 heterocycles. The summed E-state index contributed by atoms with van der Waals surface area (Å²) in [6.07, 6.45) is 2.74. The molecule has 0 radical (unpaired) electrons. The van der Waals surface area contributed by atoms with Crippen LogP contribution in [0.25, 0.3) is 0 Å². The van der Waals surface area contributed by atoms with Gasteiger partial charge in [-0.15, -0.1) is 11.3 Å². The summed E-state index contributed by atoms with van der Waals surface area (Å²) in [6, 6.07) is 14.5. The first-order chi connectivity index (χ1) is 8.61. The van der Waals surface area contributed by atoms with Crippen molar-refractivity contribution < 1.29 is 0 Å². The lowest BCUT2D eigenvalue weighted by atomic mass is 9.85. The lowest BCUT2D eigenvalue weighted by Gasteiger charge is -2.28. The monoisotopic (exact) mass is 279 g/mol. The van der Waals surface area contributed by atoms with Gasteiger partial charge < -0.3 is 5.73 Å². The van der Waals surface area contributed by atoms with Crippen LogP contribution in [0.1, 0.15) is 23.8 Å². The van der Waals surface area contributed by atoms with Crippen molar-refractivity contribution in [3.63, 3.8) is 0 Å². The van der Waals surface area contributed by atoms with E-state index >= 15 is 0 Å². The summed E-state index contributed by atoms with van der Waals surface area (Å²) >= 11 is 7.60. The van der Waals surface area contributed by atoms with Crippen molar-refractivity contribution in [3.05, 3.63) is 57.2 Å². The maximum absolute atomic E-state index is 6.53. The Kier molecular flexibility index (Phi) is 4.44. The molecule has 2 rings (SSSR count). The topological polar surface area (TPSA) is 26.0 Å². The molecule has 0 saturated heterocycles. The fourth-order valence-electron chi connectivity index (χ4n) is 2.11. The van der Waals surface area contributed by atoms with Crippen LogP contribution in [0, 0.1) is 0 Å². The van der Waals surface area contributed by atoms with E-state index in [1.165, 1.54) is 10.4 Å². The Morgan fingerprint density at radius 3 is 2.39 bits per heavy atom. The molecule has 0 aliphatic rings. The van der Waals surface area contributed by atoms with E-state index in [4.69, 9.17) is 17.3 Å². The molecule has 2 aromatic rings. The standard InChI is InChI=1S/C15H18ClNS/c1-2-15(17,10-12-6-4-3-5-7-12)11-13-8-9-14(16)18-13/h3-9H,2,10-11,17H2,1H3. The number of nitrogens with two attached hydrogens (primary N) is 1. The molecule has 3 heteroatoms. The molecule has 0 amide bonds. The molecule has 1 nitrogen and oxygen atoms in total. The van der Waals surface area contributed by atoms with Crippen LogP contribution in [0.3, 0.4) is 0 Å². The third kappa shape index (κ3) is 3.58. The van der Waals surface area contributed by atoms with Gasteiger partial charge in [-0.2, -0.15) is 0 Å². The van der Waals surface area contributed by atoms with Gasteiger partial charge in [0.05, 0.1) is 4.34 Å². The summed E-state index contributed by atoms with van der Waals surface area (Å²) in [6.45, 7) is 2.15. The molecule has 1 aromatic heterocycles. The molecule has 0 fully saturated rings. The van der Waals surface area contributed by atoms with Crippen LogP contribution in [0.15, 0.2) is 42.5 Å². The van der Waals surface area contributed by atoms with E-state index in [0.717, 1.165) is 23.6 Å².